The van der Waals surface area contributed by atoms with Crippen LogP contribution in [-0.2, 0) is 32.1 Å². The van der Waals surface area contributed by atoms with Crippen LogP contribution in [-0.4, -0.2) is 86.7 Å². The monoisotopic (exact) mass is 791 g/mol. The van der Waals surface area contributed by atoms with Gasteiger partial charge in [-0.15, -0.1) is 0 Å². The number of nitrogens with one attached hydrogen (secondary N) is 1. The standard InChI is InChI=1S/C41H47BrFN3O7/c1-50-32-18-27(19-33(22-32)51-2)23-46(31-14-15-31)41(49)40-34(21-30-24-45(25-36(40)44-30)38(47)7-4-8-39(48)52-3)28-11-9-26(10-12-28)6-5-17-53-37-20-29(43)13-16-35(37)42/h9-13,16,18-20,22,30-31,36,44H,4-8,14-15,17,21,23-25H2,1-3H3. The number of fused-ring (bicyclic) bond motifs is 2. The van der Waals surface area contributed by atoms with Crippen LogP contribution >= 0.6 is 15.9 Å². The molecule has 2 amide bonds. The second-order valence-electron chi connectivity index (χ2n) is 13.8. The minimum absolute atomic E-state index is 0.0266. The maximum Gasteiger partial charge on any atom is 0.305 e. The molecule has 12 heteroatoms. The van der Waals surface area contributed by atoms with E-state index in [0.717, 1.165) is 47.9 Å². The number of hydrogen-bond donors (Lipinski definition) is 1. The number of rotatable bonds is 16. The van der Waals surface area contributed by atoms with E-state index in [1.807, 2.05) is 28.0 Å². The van der Waals surface area contributed by atoms with E-state index in [9.17, 15) is 18.8 Å². The number of aryl methyl sites for hydroxylation is 1. The minimum Gasteiger partial charge on any atom is -0.497 e. The van der Waals surface area contributed by atoms with Crippen LogP contribution in [0.1, 0.15) is 61.6 Å². The first-order valence-electron chi connectivity index (χ1n) is 18.2. The molecular formula is C41H47BrFN3O7. The number of piperazine rings is 1. The summed E-state index contributed by atoms with van der Waals surface area (Å²) in [6, 6.07) is 18.2. The van der Waals surface area contributed by atoms with Crippen molar-refractivity contribution in [1.29, 1.82) is 0 Å². The number of halogens is 2. The lowest BCUT2D eigenvalue weighted by molar-refractivity contribution is -0.141. The van der Waals surface area contributed by atoms with Crippen molar-refractivity contribution in [3.05, 3.63) is 93.2 Å². The Morgan fingerprint density at radius 2 is 1.64 bits per heavy atom. The second kappa shape index (κ2) is 17.6. The Balaban J connectivity index is 1.24. The summed E-state index contributed by atoms with van der Waals surface area (Å²) in [5.41, 5.74) is 4.73. The molecule has 2 fully saturated rings. The van der Waals surface area contributed by atoms with Crippen molar-refractivity contribution in [2.24, 2.45) is 0 Å². The van der Waals surface area contributed by atoms with E-state index in [0.29, 0.717) is 66.4 Å². The first kappa shape index (κ1) is 38.3. The zero-order valence-electron chi connectivity index (χ0n) is 30.5. The number of nitrogens with zero attached hydrogens (tertiary/aromatic N) is 2. The molecular weight excluding hydrogens is 745 g/mol. The maximum absolute atomic E-state index is 14.9. The number of ether oxygens (including phenoxy) is 4. The summed E-state index contributed by atoms with van der Waals surface area (Å²) in [4.78, 5) is 43.8. The number of benzene rings is 3. The molecule has 2 heterocycles. The Kier molecular flexibility index (Phi) is 12.7. The number of hydrogen-bond acceptors (Lipinski definition) is 8. The van der Waals surface area contributed by atoms with Crippen molar-refractivity contribution in [3.63, 3.8) is 0 Å². The highest BCUT2D eigenvalue weighted by molar-refractivity contribution is 9.10. The van der Waals surface area contributed by atoms with Crippen LogP contribution in [0.3, 0.4) is 0 Å². The van der Waals surface area contributed by atoms with Gasteiger partial charge in [-0.2, -0.15) is 0 Å². The molecule has 0 spiro atoms. The molecule has 2 atom stereocenters. The fourth-order valence-electron chi connectivity index (χ4n) is 7.20. The first-order chi connectivity index (χ1) is 25.6. The predicted molar refractivity (Wildman–Crippen MR) is 202 cm³/mol. The van der Waals surface area contributed by atoms with Gasteiger partial charge in [0.15, 0.2) is 0 Å². The third-order valence-electron chi connectivity index (χ3n) is 10.1. The molecule has 1 N–H and O–H groups in total. The summed E-state index contributed by atoms with van der Waals surface area (Å²) >= 11 is 3.41. The van der Waals surface area contributed by atoms with E-state index in [4.69, 9.17) is 18.9 Å². The first-order valence-corrected chi connectivity index (χ1v) is 19.0. The van der Waals surface area contributed by atoms with Crippen LogP contribution in [0.15, 0.2) is 70.7 Å². The van der Waals surface area contributed by atoms with Crippen molar-refractivity contribution < 1.29 is 37.7 Å². The fraction of sp³-hybridized carbons (Fsp3) is 0.439. The number of esters is 1. The van der Waals surface area contributed by atoms with Crippen LogP contribution in [0.2, 0.25) is 0 Å². The van der Waals surface area contributed by atoms with Gasteiger partial charge in [0.25, 0.3) is 5.91 Å². The lowest BCUT2D eigenvalue weighted by Gasteiger charge is -2.45. The molecule has 2 aliphatic heterocycles. The van der Waals surface area contributed by atoms with Gasteiger partial charge in [0, 0.05) is 62.3 Å². The third-order valence-corrected chi connectivity index (χ3v) is 10.7. The topological polar surface area (TPSA) is 107 Å². The normalized spacial score (nSPS) is 18.0. The molecule has 2 bridgehead atoms. The zero-order valence-corrected chi connectivity index (χ0v) is 32.1. The van der Waals surface area contributed by atoms with Crippen LogP contribution in [0, 0.1) is 5.82 Å². The molecule has 1 saturated carbocycles. The van der Waals surface area contributed by atoms with E-state index in [-0.39, 0.29) is 54.6 Å². The Bertz CT molecular complexity index is 1810. The van der Waals surface area contributed by atoms with Crippen molar-refractivity contribution in [3.8, 4) is 17.2 Å². The van der Waals surface area contributed by atoms with Crippen LogP contribution in [0.25, 0.3) is 5.57 Å². The number of methoxy groups -OCH3 is 3. The van der Waals surface area contributed by atoms with E-state index in [1.165, 1.54) is 19.2 Å². The summed E-state index contributed by atoms with van der Waals surface area (Å²) in [6.07, 6.45) is 4.81. The van der Waals surface area contributed by atoms with Gasteiger partial charge in [-0.25, -0.2) is 4.39 Å². The molecule has 0 radical (unpaired) electrons. The Morgan fingerprint density at radius 3 is 2.32 bits per heavy atom. The van der Waals surface area contributed by atoms with E-state index in [1.54, 1.807) is 20.3 Å². The quantitative estimate of drug-likeness (QED) is 0.130. The maximum atomic E-state index is 14.9. The van der Waals surface area contributed by atoms with Gasteiger partial charge in [0.2, 0.25) is 5.91 Å². The molecule has 0 aromatic heterocycles. The van der Waals surface area contributed by atoms with Crippen LogP contribution < -0.4 is 19.5 Å². The Hall–Kier alpha value is -4.42. The number of carbonyl (C=O) groups excluding carboxylic acids is 3. The van der Waals surface area contributed by atoms with Gasteiger partial charge in [-0.1, -0.05) is 24.3 Å². The number of carbonyl (C=O) groups is 3. The molecule has 3 aromatic carbocycles. The zero-order chi connectivity index (χ0) is 37.5. The molecule has 3 aliphatic rings. The fourth-order valence-corrected chi connectivity index (χ4v) is 7.56. The second-order valence-corrected chi connectivity index (χ2v) is 14.7. The summed E-state index contributed by atoms with van der Waals surface area (Å²) in [7, 11) is 4.57. The third kappa shape index (κ3) is 9.77. The van der Waals surface area contributed by atoms with Gasteiger partial charge in [-0.05, 0) is 101 Å². The summed E-state index contributed by atoms with van der Waals surface area (Å²) in [5, 5.41) is 3.68. The summed E-state index contributed by atoms with van der Waals surface area (Å²) < 4.78 is 36.0. The minimum atomic E-state index is -0.352. The smallest absolute Gasteiger partial charge is 0.305 e. The molecule has 282 valence electrons. The van der Waals surface area contributed by atoms with Crippen molar-refractivity contribution in [1.82, 2.24) is 15.1 Å². The van der Waals surface area contributed by atoms with E-state index in [2.05, 4.69) is 45.5 Å². The largest absolute Gasteiger partial charge is 0.497 e. The average Bonchev–Trinajstić information content (AvgIpc) is 4.02. The predicted octanol–water partition coefficient (Wildman–Crippen LogP) is 6.48. The average molecular weight is 793 g/mol. The SMILES string of the molecule is COC(=O)CCCC(=O)N1CC2CC(c3ccc(CCCOc4cc(F)ccc4Br)cc3)=C(C(=O)N(Cc3cc(OC)cc(OC)c3)C3CC3)C(C1)N2. The lowest BCUT2D eigenvalue weighted by Crippen LogP contribution is -2.62. The molecule has 1 aliphatic carbocycles. The summed E-state index contributed by atoms with van der Waals surface area (Å²) in [6.45, 7) is 1.72. The van der Waals surface area contributed by atoms with Gasteiger partial charge in [-0.3, -0.25) is 14.4 Å². The van der Waals surface area contributed by atoms with E-state index < -0.39 is 0 Å². The molecule has 3 aromatic rings. The summed E-state index contributed by atoms with van der Waals surface area (Å²) in [5.74, 6) is 1.06. The molecule has 6 rings (SSSR count). The molecule has 1 saturated heterocycles. The highest BCUT2D eigenvalue weighted by Gasteiger charge is 2.43. The van der Waals surface area contributed by atoms with Crippen LogP contribution in [0.5, 0.6) is 17.2 Å². The Morgan fingerprint density at radius 1 is 0.906 bits per heavy atom. The van der Waals surface area contributed by atoms with Crippen molar-refractivity contribution in [2.75, 3.05) is 41.0 Å². The van der Waals surface area contributed by atoms with Gasteiger partial charge < -0.3 is 34.1 Å². The van der Waals surface area contributed by atoms with Crippen molar-refractivity contribution >= 4 is 39.3 Å². The molecule has 53 heavy (non-hydrogen) atoms. The molecule has 2 unspecified atom stereocenters. The highest BCUT2D eigenvalue weighted by Crippen LogP contribution is 2.38. The highest BCUT2D eigenvalue weighted by atomic mass is 79.9. The van der Waals surface area contributed by atoms with Crippen LogP contribution in [0.4, 0.5) is 4.39 Å². The van der Waals surface area contributed by atoms with E-state index >= 15 is 0 Å². The molecule has 10 nitrogen and oxygen atoms in total. The lowest BCUT2D eigenvalue weighted by atomic mass is 9.82. The van der Waals surface area contributed by atoms with Crippen molar-refractivity contribution in [2.45, 2.75) is 76.0 Å². The van der Waals surface area contributed by atoms with Gasteiger partial charge >= 0.3 is 5.97 Å². The Labute approximate surface area is 318 Å². The van der Waals surface area contributed by atoms with Gasteiger partial charge in [0.1, 0.15) is 23.1 Å². The van der Waals surface area contributed by atoms with Gasteiger partial charge in [0.05, 0.1) is 38.5 Å². The number of amides is 2.